The van der Waals surface area contributed by atoms with Crippen molar-refractivity contribution in [3.63, 3.8) is 0 Å². The Labute approximate surface area is 126 Å². The number of halogens is 2. The maximum absolute atomic E-state index is 14.2. The fourth-order valence-corrected chi connectivity index (χ4v) is 2.61. The molecule has 3 rings (SSSR count). The van der Waals surface area contributed by atoms with Crippen LogP contribution in [0.3, 0.4) is 0 Å². The van der Waals surface area contributed by atoms with Gasteiger partial charge in [-0.2, -0.15) is 0 Å². The maximum atomic E-state index is 14.2. The average Bonchev–Trinajstić information content (AvgIpc) is 2.50. The van der Waals surface area contributed by atoms with E-state index in [-0.39, 0.29) is 0 Å². The summed E-state index contributed by atoms with van der Waals surface area (Å²) < 4.78 is 14.2. The first-order valence-electron chi connectivity index (χ1n) is 6.44. The Kier molecular flexibility index (Phi) is 3.84. The van der Waals surface area contributed by atoms with E-state index in [0.717, 1.165) is 16.3 Å². The second-order valence-corrected chi connectivity index (χ2v) is 5.15. The minimum atomic E-state index is -0.499. The molecule has 1 heterocycles. The zero-order valence-corrected chi connectivity index (χ0v) is 11.8. The molecule has 0 saturated heterocycles. The number of pyridine rings is 1. The molecule has 3 nitrogen and oxygen atoms in total. The summed E-state index contributed by atoms with van der Waals surface area (Å²) >= 11 is 5.80. The molecule has 3 aromatic rings. The molecule has 0 aliphatic heterocycles. The minimum Gasteiger partial charge on any atom is -0.271 e. The summed E-state index contributed by atoms with van der Waals surface area (Å²) in [7, 11) is 0. The van der Waals surface area contributed by atoms with Crippen LogP contribution in [0.25, 0.3) is 10.8 Å². The van der Waals surface area contributed by atoms with E-state index in [1.165, 1.54) is 6.07 Å². The summed E-state index contributed by atoms with van der Waals surface area (Å²) in [6, 6.07) is 11.8. The zero-order chi connectivity index (χ0) is 14.8. The Morgan fingerprint density at radius 1 is 1.10 bits per heavy atom. The van der Waals surface area contributed by atoms with Crippen molar-refractivity contribution in [1.29, 1.82) is 0 Å². The molecule has 0 spiro atoms. The van der Waals surface area contributed by atoms with E-state index in [0.29, 0.717) is 10.6 Å². The summed E-state index contributed by atoms with van der Waals surface area (Å²) in [6.45, 7) is 0. The lowest BCUT2D eigenvalue weighted by molar-refractivity contribution is 0.561. The number of benzene rings is 2. The van der Waals surface area contributed by atoms with Crippen LogP contribution in [-0.2, 0) is 0 Å². The topological polar surface area (TPSA) is 50.9 Å². The first-order chi connectivity index (χ1) is 10.2. The third kappa shape index (κ3) is 2.61. The number of nitrogens with zero attached hydrogens (tertiary/aromatic N) is 1. The average molecular weight is 302 g/mol. The largest absolute Gasteiger partial charge is 0.271 e. The van der Waals surface area contributed by atoms with Gasteiger partial charge in [0.05, 0.1) is 6.04 Å². The Hall–Kier alpha value is -2.01. The van der Waals surface area contributed by atoms with E-state index in [1.54, 1.807) is 24.5 Å². The summed E-state index contributed by atoms with van der Waals surface area (Å²) in [5.74, 6) is 5.25. The number of hydrazine groups is 1. The molecule has 21 heavy (non-hydrogen) atoms. The molecule has 1 unspecified atom stereocenters. The Morgan fingerprint density at radius 2 is 1.90 bits per heavy atom. The number of nitrogens with one attached hydrogen (secondary N) is 1. The number of rotatable bonds is 3. The van der Waals surface area contributed by atoms with Crippen molar-refractivity contribution in [2.24, 2.45) is 5.84 Å². The molecule has 0 bridgehead atoms. The van der Waals surface area contributed by atoms with Crippen LogP contribution in [-0.4, -0.2) is 4.98 Å². The SMILES string of the molecule is NNC(c1ccc(Cl)cc1F)c1cncc2ccccc12. The van der Waals surface area contributed by atoms with Gasteiger partial charge in [0.25, 0.3) is 0 Å². The first-order valence-corrected chi connectivity index (χ1v) is 6.82. The molecule has 0 radical (unpaired) electrons. The predicted octanol–water partition coefficient (Wildman–Crippen LogP) is 3.58. The van der Waals surface area contributed by atoms with Crippen molar-refractivity contribution in [2.75, 3.05) is 0 Å². The third-order valence-corrected chi connectivity index (χ3v) is 3.69. The number of hydrogen-bond acceptors (Lipinski definition) is 3. The van der Waals surface area contributed by atoms with Gasteiger partial charge >= 0.3 is 0 Å². The Bertz CT molecular complexity index is 786. The van der Waals surface area contributed by atoms with Gasteiger partial charge in [-0.3, -0.25) is 10.8 Å². The summed E-state index contributed by atoms with van der Waals surface area (Å²) in [4.78, 5) is 4.21. The molecule has 1 aromatic heterocycles. The van der Waals surface area contributed by atoms with E-state index in [1.807, 2.05) is 24.3 Å². The van der Waals surface area contributed by atoms with E-state index < -0.39 is 11.9 Å². The van der Waals surface area contributed by atoms with E-state index in [4.69, 9.17) is 17.4 Å². The number of nitrogens with two attached hydrogens (primary N) is 1. The minimum absolute atomic E-state index is 0.350. The van der Waals surface area contributed by atoms with Crippen LogP contribution in [0.15, 0.2) is 54.9 Å². The van der Waals surface area contributed by atoms with Crippen LogP contribution >= 0.6 is 11.6 Å². The molecule has 0 aliphatic rings. The fourth-order valence-electron chi connectivity index (χ4n) is 2.45. The van der Waals surface area contributed by atoms with Crippen molar-refractivity contribution >= 4 is 22.4 Å². The highest BCUT2D eigenvalue weighted by molar-refractivity contribution is 6.30. The van der Waals surface area contributed by atoms with Crippen LogP contribution in [0.4, 0.5) is 4.39 Å². The van der Waals surface area contributed by atoms with E-state index in [2.05, 4.69) is 10.4 Å². The van der Waals surface area contributed by atoms with Gasteiger partial charge in [0.15, 0.2) is 0 Å². The van der Waals surface area contributed by atoms with E-state index in [9.17, 15) is 4.39 Å². The van der Waals surface area contributed by atoms with Gasteiger partial charge in [0, 0.05) is 33.9 Å². The molecule has 0 amide bonds. The second-order valence-electron chi connectivity index (χ2n) is 4.72. The smallest absolute Gasteiger partial charge is 0.129 e. The Morgan fingerprint density at radius 3 is 2.67 bits per heavy atom. The lowest BCUT2D eigenvalue weighted by Crippen LogP contribution is -2.29. The highest BCUT2D eigenvalue weighted by atomic mass is 35.5. The van der Waals surface area contributed by atoms with Gasteiger partial charge in [-0.25, -0.2) is 9.82 Å². The van der Waals surface area contributed by atoms with Gasteiger partial charge in [0.2, 0.25) is 0 Å². The van der Waals surface area contributed by atoms with Crippen molar-refractivity contribution in [3.05, 3.63) is 76.8 Å². The van der Waals surface area contributed by atoms with Crippen LogP contribution in [0.5, 0.6) is 0 Å². The van der Waals surface area contributed by atoms with Gasteiger partial charge < -0.3 is 0 Å². The van der Waals surface area contributed by atoms with Crippen molar-refractivity contribution in [3.8, 4) is 0 Å². The van der Waals surface area contributed by atoms with Crippen molar-refractivity contribution in [1.82, 2.24) is 10.4 Å². The van der Waals surface area contributed by atoms with Crippen molar-refractivity contribution < 1.29 is 4.39 Å². The molecular weight excluding hydrogens is 289 g/mol. The fraction of sp³-hybridized carbons (Fsp3) is 0.0625. The molecule has 3 N–H and O–H groups in total. The monoisotopic (exact) mass is 301 g/mol. The third-order valence-electron chi connectivity index (χ3n) is 3.45. The number of hydrogen-bond donors (Lipinski definition) is 2. The first kappa shape index (κ1) is 13.9. The van der Waals surface area contributed by atoms with Gasteiger partial charge in [-0.15, -0.1) is 0 Å². The van der Waals surface area contributed by atoms with Gasteiger partial charge in [0.1, 0.15) is 5.82 Å². The second kappa shape index (κ2) is 5.77. The molecule has 0 fully saturated rings. The number of aromatic nitrogens is 1. The van der Waals surface area contributed by atoms with Crippen molar-refractivity contribution in [2.45, 2.75) is 6.04 Å². The Balaban J connectivity index is 2.18. The highest BCUT2D eigenvalue weighted by Gasteiger charge is 2.19. The molecular formula is C16H13ClFN3. The molecule has 2 aromatic carbocycles. The van der Waals surface area contributed by atoms with Crippen LogP contribution in [0.2, 0.25) is 5.02 Å². The maximum Gasteiger partial charge on any atom is 0.129 e. The number of fused-ring (bicyclic) bond motifs is 1. The predicted molar refractivity (Wildman–Crippen MR) is 82.3 cm³/mol. The quantitative estimate of drug-likeness (QED) is 0.574. The van der Waals surface area contributed by atoms with Gasteiger partial charge in [-0.1, -0.05) is 41.9 Å². The molecule has 106 valence electrons. The van der Waals surface area contributed by atoms with Gasteiger partial charge in [-0.05, 0) is 17.5 Å². The molecule has 0 saturated carbocycles. The zero-order valence-electron chi connectivity index (χ0n) is 11.1. The summed E-state index contributed by atoms with van der Waals surface area (Å²) in [6.07, 6.45) is 3.46. The summed E-state index contributed by atoms with van der Waals surface area (Å²) in [5, 5.41) is 2.30. The molecule has 0 aliphatic carbocycles. The molecule has 1 atom stereocenters. The van der Waals surface area contributed by atoms with Crippen LogP contribution in [0.1, 0.15) is 17.2 Å². The lowest BCUT2D eigenvalue weighted by atomic mass is 9.96. The molecule has 5 heteroatoms. The normalized spacial score (nSPS) is 12.5. The highest BCUT2D eigenvalue weighted by Crippen LogP contribution is 2.30. The van der Waals surface area contributed by atoms with Crippen LogP contribution in [0, 0.1) is 5.82 Å². The van der Waals surface area contributed by atoms with E-state index >= 15 is 0 Å². The standard InChI is InChI=1S/C16H13ClFN3/c17-11-5-6-13(15(18)7-11)16(21-19)14-9-20-8-10-3-1-2-4-12(10)14/h1-9,16,21H,19H2. The van der Waals surface area contributed by atoms with Crippen LogP contribution < -0.4 is 11.3 Å². The lowest BCUT2D eigenvalue weighted by Gasteiger charge is -2.19. The summed E-state index contributed by atoms with van der Waals surface area (Å²) in [5.41, 5.74) is 3.91.